The van der Waals surface area contributed by atoms with Crippen LogP contribution in [0.25, 0.3) is 10.9 Å². The van der Waals surface area contributed by atoms with Gasteiger partial charge in [-0.1, -0.05) is 18.2 Å². The number of amides is 1. The van der Waals surface area contributed by atoms with E-state index in [1.807, 2.05) is 17.5 Å². The van der Waals surface area contributed by atoms with Crippen LogP contribution in [0.5, 0.6) is 0 Å². The Labute approximate surface area is 192 Å². The molecule has 2 aromatic carbocycles. The molecule has 0 unspecified atom stereocenters. The van der Waals surface area contributed by atoms with Crippen molar-refractivity contribution in [3.8, 4) is 0 Å². The van der Waals surface area contributed by atoms with Crippen LogP contribution in [-0.2, 0) is 17.8 Å². The van der Waals surface area contributed by atoms with Gasteiger partial charge in [0.15, 0.2) is 4.77 Å². The van der Waals surface area contributed by atoms with Crippen LogP contribution in [0, 0.1) is 4.77 Å². The van der Waals surface area contributed by atoms with Crippen molar-refractivity contribution in [3.05, 3.63) is 96.7 Å². The Hall–Kier alpha value is -3.56. The summed E-state index contributed by atoms with van der Waals surface area (Å²) in [5, 5.41) is 5.27. The molecule has 2 heterocycles. The van der Waals surface area contributed by atoms with Gasteiger partial charge < -0.3 is 15.0 Å². The van der Waals surface area contributed by atoms with Crippen molar-refractivity contribution in [2.45, 2.75) is 13.1 Å². The molecule has 162 valence electrons. The van der Waals surface area contributed by atoms with Crippen LogP contribution in [0.1, 0.15) is 31.2 Å². The van der Waals surface area contributed by atoms with E-state index in [0.29, 0.717) is 28.6 Å². The second kappa shape index (κ2) is 9.29. The molecule has 0 aliphatic heterocycles. The first-order valence-corrected chi connectivity index (χ1v) is 11.0. The van der Waals surface area contributed by atoms with Gasteiger partial charge in [0.2, 0.25) is 0 Å². The summed E-state index contributed by atoms with van der Waals surface area (Å²) in [7, 11) is 1.30. The third-order valence-electron chi connectivity index (χ3n) is 4.96. The minimum Gasteiger partial charge on any atom is -0.465 e. The quantitative estimate of drug-likeness (QED) is 0.333. The molecule has 0 aliphatic rings. The van der Waals surface area contributed by atoms with Gasteiger partial charge in [0, 0.05) is 10.4 Å². The summed E-state index contributed by atoms with van der Waals surface area (Å²) in [6.45, 7) is 0.734. The summed E-state index contributed by atoms with van der Waals surface area (Å²) in [5.74, 6) is -0.651. The maximum absolute atomic E-state index is 13.0. The number of H-pyrrole nitrogens is 1. The largest absolute Gasteiger partial charge is 0.465 e. The summed E-state index contributed by atoms with van der Waals surface area (Å²) in [6.07, 6.45) is 0. The molecule has 32 heavy (non-hydrogen) atoms. The molecule has 0 bridgehead atoms. The Morgan fingerprint density at radius 2 is 1.88 bits per heavy atom. The highest BCUT2D eigenvalue weighted by atomic mass is 32.1. The third-order valence-corrected chi connectivity index (χ3v) is 6.16. The number of methoxy groups -OCH3 is 1. The average Bonchev–Trinajstić information content (AvgIpc) is 3.33. The zero-order valence-corrected chi connectivity index (χ0v) is 18.7. The molecule has 0 atom stereocenters. The number of fused-ring (bicyclic) bond motifs is 1. The number of ether oxygens (including phenoxy) is 1. The Morgan fingerprint density at radius 3 is 2.56 bits per heavy atom. The van der Waals surface area contributed by atoms with Crippen molar-refractivity contribution in [1.82, 2.24) is 14.9 Å². The van der Waals surface area contributed by atoms with E-state index in [1.165, 1.54) is 11.7 Å². The van der Waals surface area contributed by atoms with Crippen LogP contribution < -0.4 is 10.9 Å². The van der Waals surface area contributed by atoms with E-state index in [1.54, 1.807) is 53.8 Å². The second-order valence-electron chi connectivity index (χ2n) is 7.03. The van der Waals surface area contributed by atoms with E-state index in [9.17, 15) is 14.4 Å². The van der Waals surface area contributed by atoms with Crippen molar-refractivity contribution < 1.29 is 14.3 Å². The molecular formula is C23H19N3O4S2. The van der Waals surface area contributed by atoms with Crippen molar-refractivity contribution in [2.75, 3.05) is 7.11 Å². The van der Waals surface area contributed by atoms with E-state index in [4.69, 9.17) is 17.0 Å². The maximum Gasteiger partial charge on any atom is 0.337 e. The fourth-order valence-corrected chi connectivity index (χ4v) is 4.17. The molecule has 4 aromatic rings. The van der Waals surface area contributed by atoms with Gasteiger partial charge in [-0.15, -0.1) is 11.3 Å². The van der Waals surface area contributed by atoms with Crippen LogP contribution in [0.4, 0.5) is 0 Å². The third kappa shape index (κ3) is 4.53. The molecule has 0 saturated carbocycles. The van der Waals surface area contributed by atoms with Gasteiger partial charge in [0.1, 0.15) is 0 Å². The van der Waals surface area contributed by atoms with Gasteiger partial charge in [-0.05, 0) is 59.6 Å². The molecule has 4 rings (SSSR count). The van der Waals surface area contributed by atoms with Gasteiger partial charge in [0.25, 0.3) is 11.5 Å². The molecule has 0 saturated heterocycles. The highest BCUT2D eigenvalue weighted by Gasteiger charge is 2.11. The SMILES string of the molecule is COC(=O)c1ccc2c(=O)n(Cc3ccc(C(=O)NCc4cccs4)cc3)c(=S)[nH]c2c1. The van der Waals surface area contributed by atoms with Gasteiger partial charge in [-0.25, -0.2) is 4.79 Å². The Kier molecular flexibility index (Phi) is 6.29. The number of carbonyl (C=O) groups excluding carboxylic acids is 2. The first kappa shape index (κ1) is 21.7. The smallest absolute Gasteiger partial charge is 0.337 e. The second-order valence-corrected chi connectivity index (χ2v) is 8.45. The number of rotatable bonds is 6. The Bertz CT molecular complexity index is 1400. The van der Waals surface area contributed by atoms with Crippen LogP contribution >= 0.6 is 23.6 Å². The van der Waals surface area contributed by atoms with E-state index >= 15 is 0 Å². The Balaban J connectivity index is 1.54. The summed E-state index contributed by atoms with van der Waals surface area (Å²) < 4.78 is 6.40. The van der Waals surface area contributed by atoms with Crippen LogP contribution in [0.3, 0.4) is 0 Å². The lowest BCUT2D eigenvalue weighted by atomic mass is 10.1. The number of thiophene rings is 1. The van der Waals surface area contributed by atoms with Crippen LogP contribution in [0.15, 0.2) is 64.8 Å². The fourth-order valence-electron chi connectivity index (χ4n) is 3.27. The number of esters is 1. The number of nitrogens with zero attached hydrogens (tertiary/aromatic N) is 1. The highest BCUT2D eigenvalue weighted by Crippen LogP contribution is 2.13. The predicted molar refractivity (Wildman–Crippen MR) is 126 cm³/mol. The lowest BCUT2D eigenvalue weighted by molar-refractivity contribution is 0.0600. The molecule has 0 aliphatic carbocycles. The number of nitrogens with one attached hydrogen (secondary N) is 2. The molecule has 0 fully saturated rings. The highest BCUT2D eigenvalue weighted by molar-refractivity contribution is 7.71. The Morgan fingerprint density at radius 1 is 1.12 bits per heavy atom. The lowest BCUT2D eigenvalue weighted by Gasteiger charge is -2.10. The van der Waals surface area contributed by atoms with Crippen LogP contribution in [0.2, 0.25) is 0 Å². The number of carbonyl (C=O) groups is 2. The zero-order valence-electron chi connectivity index (χ0n) is 17.1. The average molecular weight is 466 g/mol. The van der Waals surface area contributed by atoms with E-state index < -0.39 is 5.97 Å². The zero-order chi connectivity index (χ0) is 22.7. The molecular weight excluding hydrogens is 446 g/mol. The van der Waals surface area contributed by atoms with E-state index in [0.717, 1.165) is 10.4 Å². The molecule has 7 nitrogen and oxygen atoms in total. The van der Waals surface area contributed by atoms with Gasteiger partial charge in [0.05, 0.1) is 36.7 Å². The molecule has 9 heteroatoms. The lowest BCUT2D eigenvalue weighted by Crippen LogP contribution is -2.23. The first-order valence-electron chi connectivity index (χ1n) is 9.71. The molecule has 0 spiro atoms. The van der Waals surface area contributed by atoms with Crippen molar-refractivity contribution in [3.63, 3.8) is 0 Å². The van der Waals surface area contributed by atoms with E-state index in [2.05, 4.69) is 10.3 Å². The van der Waals surface area contributed by atoms with Gasteiger partial charge in [-0.3, -0.25) is 14.2 Å². The molecule has 2 aromatic heterocycles. The number of hydrogen-bond donors (Lipinski definition) is 2. The summed E-state index contributed by atoms with van der Waals surface area (Å²) in [4.78, 5) is 41.1. The van der Waals surface area contributed by atoms with Crippen LogP contribution in [-0.4, -0.2) is 28.5 Å². The molecule has 2 N–H and O–H groups in total. The van der Waals surface area contributed by atoms with Crippen molar-refractivity contribution in [1.29, 1.82) is 0 Å². The summed E-state index contributed by atoms with van der Waals surface area (Å²) in [5.41, 5.74) is 1.90. The fraction of sp³-hybridized carbons (Fsp3) is 0.130. The standard InChI is InChI=1S/C23H19N3O4S2/c1-30-22(29)16-8-9-18-19(11-16)25-23(31)26(21(18)28)13-14-4-6-15(7-5-14)20(27)24-12-17-3-2-10-32-17/h2-11H,12-13H2,1H3,(H,24,27)(H,25,31). The van der Waals surface area contributed by atoms with Crippen molar-refractivity contribution >= 4 is 46.3 Å². The van der Waals surface area contributed by atoms with Crippen molar-refractivity contribution in [2.24, 2.45) is 0 Å². The van der Waals surface area contributed by atoms with Gasteiger partial charge >= 0.3 is 5.97 Å². The predicted octanol–water partition coefficient (Wildman–Crippen LogP) is 3.89. The first-order chi connectivity index (χ1) is 15.5. The molecule has 1 amide bonds. The number of hydrogen-bond acceptors (Lipinski definition) is 6. The monoisotopic (exact) mass is 465 g/mol. The minimum atomic E-state index is -0.491. The summed E-state index contributed by atoms with van der Waals surface area (Å²) >= 11 is 6.96. The maximum atomic E-state index is 13.0. The number of aromatic amines is 1. The molecule has 0 radical (unpaired) electrons. The number of aromatic nitrogens is 2. The number of benzene rings is 2. The van der Waals surface area contributed by atoms with Gasteiger partial charge in [-0.2, -0.15) is 0 Å². The normalized spacial score (nSPS) is 10.8. The summed E-state index contributed by atoms with van der Waals surface area (Å²) in [6, 6.07) is 15.6. The van der Waals surface area contributed by atoms with E-state index in [-0.39, 0.29) is 22.8 Å². The minimum absolute atomic E-state index is 0.161. The topological polar surface area (TPSA) is 93.2 Å².